The van der Waals surface area contributed by atoms with Crippen LogP contribution in [0.15, 0.2) is 89.9 Å². The van der Waals surface area contributed by atoms with Gasteiger partial charge in [0.05, 0.1) is 54.6 Å². The van der Waals surface area contributed by atoms with E-state index in [2.05, 4.69) is 34.6 Å². The standard InChI is InChI=1S/C15H12F3N5O3S.C14H16N4O3S/c1-27(24,25)23(11-5-3-2-4-6-11)9-12-19-7-10(8-20-12)13-21-22-14(26-13)15(16,17)18;1-22(20,21)18(12-5-3-2-4-6-12)10-14-16-8-11(9-17-14)13(19)7-15/h2-8H,9H2,1H3;2-6,8-9H,7,10,15H2,1H3. The van der Waals surface area contributed by atoms with Gasteiger partial charge in [0.2, 0.25) is 20.0 Å². The highest BCUT2D eigenvalue weighted by molar-refractivity contribution is 7.92. The Kier molecular flexibility index (Phi) is 11.4. The molecule has 0 atom stereocenters. The maximum atomic E-state index is 12.5. The first-order valence-electron chi connectivity index (χ1n) is 13.9. The van der Waals surface area contributed by atoms with Gasteiger partial charge in [-0.1, -0.05) is 36.4 Å². The molecular weight excluding hydrogens is 692 g/mol. The van der Waals surface area contributed by atoms with E-state index in [-0.39, 0.29) is 36.8 Å². The normalized spacial score (nSPS) is 11.7. The summed E-state index contributed by atoms with van der Waals surface area (Å²) < 4.78 is 92.4. The second kappa shape index (κ2) is 15.3. The number of carbonyl (C=O) groups is 1. The number of anilines is 2. The lowest BCUT2D eigenvalue weighted by Crippen LogP contribution is -2.30. The topological polar surface area (TPSA) is 208 Å². The molecule has 0 radical (unpaired) electrons. The van der Waals surface area contributed by atoms with E-state index >= 15 is 0 Å². The molecule has 5 rings (SSSR count). The minimum absolute atomic E-state index is 0.0139. The number of para-hydroxylation sites is 2. The first-order chi connectivity index (χ1) is 23.1. The molecule has 0 saturated heterocycles. The highest BCUT2D eigenvalue weighted by Gasteiger charge is 2.38. The number of halogens is 3. The van der Waals surface area contributed by atoms with Gasteiger partial charge >= 0.3 is 12.1 Å². The molecule has 0 unspecified atom stereocenters. The molecule has 20 heteroatoms. The minimum Gasteiger partial charge on any atom is -0.413 e. The third kappa shape index (κ3) is 10.1. The van der Waals surface area contributed by atoms with Crippen LogP contribution >= 0.6 is 0 Å². The highest BCUT2D eigenvalue weighted by atomic mass is 32.2. The number of sulfonamides is 2. The van der Waals surface area contributed by atoms with E-state index in [1.54, 1.807) is 60.7 Å². The fraction of sp³-hybridized carbons (Fsp3) is 0.207. The molecule has 0 fully saturated rings. The van der Waals surface area contributed by atoms with Gasteiger partial charge < -0.3 is 10.2 Å². The SMILES string of the molecule is CS(=O)(=O)N(Cc1ncc(-c2nnc(C(F)(F)F)o2)cn1)c1ccccc1.CS(=O)(=O)N(Cc1ncc(C(=O)CN)cn1)c1ccccc1. The molecule has 258 valence electrons. The number of nitrogens with zero attached hydrogens (tertiary/aromatic N) is 8. The molecule has 0 aliphatic carbocycles. The summed E-state index contributed by atoms with van der Waals surface area (Å²) in [5.41, 5.74) is 6.60. The number of hydrogen-bond donors (Lipinski definition) is 1. The van der Waals surface area contributed by atoms with Crippen LogP contribution < -0.4 is 14.3 Å². The van der Waals surface area contributed by atoms with Gasteiger partial charge in [0.25, 0.3) is 5.89 Å². The van der Waals surface area contributed by atoms with Gasteiger partial charge in [-0.3, -0.25) is 13.4 Å². The van der Waals surface area contributed by atoms with Crippen molar-refractivity contribution in [1.29, 1.82) is 0 Å². The fourth-order valence-corrected chi connectivity index (χ4v) is 5.65. The molecule has 0 aliphatic heterocycles. The number of rotatable bonds is 11. The summed E-state index contributed by atoms with van der Waals surface area (Å²) in [5, 5.41) is 6.23. The van der Waals surface area contributed by atoms with Crippen LogP contribution in [-0.4, -0.2) is 71.8 Å². The van der Waals surface area contributed by atoms with Gasteiger partial charge in [0, 0.05) is 24.8 Å². The summed E-state index contributed by atoms with van der Waals surface area (Å²) in [4.78, 5) is 27.4. The van der Waals surface area contributed by atoms with E-state index in [1.807, 2.05) is 0 Å². The quantitative estimate of drug-likeness (QED) is 0.195. The van der Waals surface area contributed by atoms with Crippen LogP contribution in [0, 0.1) is 0 Å². The number of ketones is 1. The molecule has 5 aromatic rings. The molecular formula is C29H28F3N9O6S2. The van der Waals surface area contributed by atoms with E-state index < -0.39 is 38.0 Å². The van der Waals surface area contributed by atoms with E-state index in [1.165, 1.54) is 29.1 Å². The number of Topliss-reactive ketones (excluding diaryl/α,β-unsaturated/α-hetero) is 1. The van der Waals surface area contributed by atoms with Gasteiger partial charge in [-0.15, -0.1) is 10.2 Å². The van der Waals surface area contributed by atoms with Gasteiger partial charge in [-0.2, -0.15) is 13.2 Å². The first-order valence-corrected chi connectivity index (χ1v) is 17.6. The Bertz CT molecular complexity index is 2070. The predicted octanol–water partition coefficient (Wildman–Crippen LogP) is 3.10. The summed E-state index contributed by atoms with van der Waals surface area (Å²) in [5.74, 6) is -1.70. The molecule has 15 nitrogen and oxygen atoms in total. The third-order valence-corrected chi connectivity index (χ3v) is 8.57. The van der Waals surface area contributed by atoms with Gasteiger partial charge in [-0.25, -0.2) is 36.8 Å². The molecule has 0 saturated carbocycles. The maximum Gasteiger partial charge on any atom is 0.470 e. The van der Waals surface area contributed by atoms with Crippen LogP contribution in [0.25, 0.3) is 11.5 Å². The lowest BCUT2D eigenvalue weighted by Gasteiger charge is -2.21. The van der Waals surface area contributed by atoms with Crippen LogP contribution in [-0.2, 0) is 39.3 Å². The second-order valence-electron chi connectivity index (χ2n) is 10.0. The Morgan fingerprint density at radius 3 is 1.53 bits per heavy atom. The van der Waals surface area contributed by atoms with Crippen molar-refractivity contribution >= 4 is 37.2 Å². The zero-order valence-electron chi connectivity index (χ0n) is 25.8. The summed E-state index contributed by atoms with van der Waals surface area (Å²) in [7, 11) is -7.08. The first kappa shape index (κ1) is 36.5. The molecule has 2 aromatic carbocycles. The number of hydrogen-bond acceptors (Lipinski definition) is 13. The minimum atomic E-state index is -4.75. The van der Waals surface area contributed by atoms with E-state index in [9.17, 15) is 34.8 Å². The van der Waals surface area contributed by atoms with Crippen LogP contribution in [0.3, 0.4) is 0 Å². The van der Waals surface area contributed by atoms with Gasteiger partial charge in [0.15, 0.2) is 5.78 Å². The number of alkyl halides is 3. The van der Waals surface area contributed by atoms with Crippen molar-refractivity contribution in [2.75, 3.05) is 27.7 Å². The summed E-state index contributed by atoms with van der Waals surface area (Å²) >= 11 is 0. The van der Waals surface area contributed by atoms with Crippen LogP contribution in [0.2, 0.25) is 0 Å². The zero-order valence-corrected chi connectivity index (χ0v) is 27.4. The van der Waals surface area contributed by atoms with Crippen LogP contribution in [0.4, 0.5) is 24.5 Å². The third-order valence-electron chi connectivity index (χ3n) is 6.29. The Morgan fingerprint density at radius 1 is 0.735 bits per heavy atom. The van der Waals surface area contributed by atoms with Gasteiger partial charge in [-0.05, 0) is 24.3 Å². The van der Waals surface area contributed by atoms with Crippen molar-refractivity contribution in [3.8, 4) is 11.5 Å². The largest absolute Gasteiger partial charge is 0.470 e. The van der Waals surface area contributed by atoms with Crippen molar-refractivity contribution < 1.29 is 39.2 Å². The molecule has 3 aromatic heterocycles. The Morgan fingerprint density at radius 2 is 1.16 bits per heavy atom. The second-order valence-corrected chi connectivity index (χ2v) is 13.8. The lowest BCUT2D eigenvalue weighted by molar-refractivity contribution is -0.156. The van der Waals surface area contributed by atoms with Crippen molar-refractivity contribution in [3.63, 3.8) is 0 Å². The maximum absolute atomic E-state index is 12.5. The Hall–Kier alpha value is -5.34. The van der Waals surface area contributed by atoms with Crippen molar-refractivity contribution in [2.45, 2.75) is 19.3 Å². The molecule has 0 aliphatic rings. The molecule has 0 bridgehead atoms. The summed E-state index contributed by atoms with van der Waals surface area (Å²) in [6.45, 7) is -0.289. The van der Waals surface area contributed by atoms with Crippen molar-refractivity contribution in [3.05, 3.63) is 109 Å². The highest BCUT2D eigenvalue weighted by Crippen LogP contribution is 2.30. The fourth-order valence-electron chi connectivity index (χ4n) is 3.95. The average molecular weight is 720 g/mol. The van der Waals surface area contributed by atoms with Gasteiger partial charge in [0.1, 0.15) is 11.6 Å². The predicted molar refractivity (Wildman–Crippen MR) is 171 cm³/mol. The van der Waals surface area contributed by atoms with Crippen LogP contribution in [0.1, 0.15) is 27.9 Å². The van der Waals surface area contributed by atoms with Crippen molar-refractivity contribution in [2.24, 2.45) is 5.73 Å². The number of carbonyl (C=O) groups excluding carboxylic acids is 1. The average Bonchev–Trinajstić information content (AvgIpc) is 3.58. The molecule has 49 heavy (non-hydrogen) atoms. The van der Waals surface area contributed by atoms with E-state index in [0.29, 0.717) is 22.8 Å². The smallest absolute Gasteiger partial charge is 0.413 e. The van der Waals surface area contributed by atoms with Crippen LogP contribution in [0.5, 0.6) is 0 Å². The van der Waals surface area contributed by atoms with E-state index in [0.717, 1.165) is 16.8 Å². The Balaban J connectivity index is 0.000000226. The number of nitrogens with two attached hydrogens (primary N) is 1. The number of benzene rings is 2. The monoisotopic (exact) mass is 719 g/mol. The van der Waals surface area contributed by atoms with Crippen molar-refractivity contribution in [1.82, 2.24) is 30.1 Å². The number of aromatic nitrogens is 6. The Labute approximate surface area is 278 Å². The zero-order chi connectivity index (χ0) is 35.8. The molecule has 2 N–H and O–H groups in total. The molecule has 0 spiro atoms. The summed E-state index contributed by atoms with van der Waals surface area (Å²) in [6, 6.07) is 17.0. The molecule has 0 amide bonds. The summed E-state index contributed by atoms with van der Waals surface area (Å²) in [6.07, 6.45) is 2.48. The van der Waals surface area contributed by atoms with E-state index in [4.69, 9.17) is 5.73 Å². The lowest BCUT2D eigenvalue weighted by atomic mass is 10.2. The molecule has 3 heterocycles.